The number of para-hydroxylation sites is 1. The van der Waals surface area contributed by atoms with Gasteiger partial charge in [0.25, 0.3) is 5.91 Å². The van der Waals surface area contributed by atoms with Crippen LogP contribution in [0.4, 0.5) is 5.69 Å². The van der Waals surface area contributed by atoms with E-state index in [-0.39, 0.29) is 22.2 Å². The van der Waals surface area contributed by atoms with E-state index >= 15 is 0 Å². The maximum atomic E-state index is 12.5. The molecule has 0 fully saturated rings. The summed E-state index contributed by atoms with van der Waals surface area (Å²) in [5.74, 6) is 0.188. The fraction of sp³-hybridized carbons (Fsp3) is 0.118. The van der Waals surface area contributed by atoms with E-state index in [2.05, 4.69) is 5.32 Å². The van der Waals surface area contributed by atoms with Crippen LogP contribution in [-0.4, -0.2) is 11.0 Å². The maximum absolute atomic E-state index is 12.5. The van der Waals surface area contributed by atoms with Gasteiger partial charge in [0, 0.05) is 10.9 Å². The van der Waals surface area contributed by atoms with E-state index in [1.807, 2.05) is 6.07 Å². The Morgan fingerprint density at radius 3 is 2.48 bits per heavy atom. The van der Waals surface area contributed by atoms with Crippen LogP contribution in [0.2, 0.25) is 10.0 Å². The van der Waals surface area contributed by atoms with Gasteiger partial charge in [-0.3, -0.25) is 4.79 Å². The molecule has 0 saturated carbocycles. The lowest BCUT2D eigenvalue weighted by Gasteiger charge is -2.08. The van der Waals surface area contributed by atoms with Crippen LogP contribution in [0.5, 0.6) is 0 Å². The molecule has 4 nitrogen and oxygen atoms in total. The number of hydrogen-bond acceptors (Lipinski definition) is 3. The highest BCUT2D eigenvalue weighted by Gasteiger charge is 2.18. The van der Waals surface area contributed by atoms with Crippen molar-refractivity contribution in [2.45, 2.75) is 13.5 Å². The van der Waals surface area contributed by atoms with Gasteiger partial charge in [0.1, 0.15) is 5.76 Å². The minimum absolute atomic E-state index is 0.132. The molecule has 118 valence electrons. The van der Waals surface area contributed by atoms with Crippen molar-refractivity contribution in [1.29, 1.82) is 0 Å². The molecule has 0 aliphatic carbocycles. The van der Waals surface area contributed by atoms with Gasteiger partial charge < -0.3 is 14.8 Å². The molecule has 1 amide bonds. The summed E-state index contributed by atoms with van der Waals surface area (Å²) in [6.07, 6.45) is 0. The normalized spacial score (nSPS) is 11.0. The molecule has 3 rings (SSSR count). The van der Waals surface area contributed by atoms with Crippen LogP contribution in [0.25, 0.3) is 11.0 Å². The van der Waals surface area contributed by atoms with Crippen molar-refractivity contribution in [2.75, 3.05) is 5.32 Å². The summed E-state index contributed by atoms with van der Waals surface area (Å²) >= 11 is 12.1. The molecule has 3 aromatic rings. The van der Waals surface area contributed by atoms with E-state index in [9.17, 15) is 9.90 Å². The van der Waals surface area contributed by atoms with Gasteiger partial charge in [-0.15, -0.1) is 0 Å². The maximum Gasteiger partial charge on any atom is 0.258 e. The van der Waals surface area contributed by atoms with Crippen molar-refractivity contribution in [3.63, 3.8) is 0 Å². The Morgan fingerprint density at radius 1 is 1.17 bits per heavy atom. The first-order chi connectivity index (χ1) is 11.0. The van der Waals surface area contributed by atoms with Crippen molar-refractivity contribution < 1.29 is 14.3 Å². The fourth-order valence-corrected chi connectivity index (χ4v) is 3.05. The number of benzene rings is 2. The first kappa shape index (κ1) is 15.9. The van der Waals surface area contributed by atoms with Gasteiger partial charge in [-0.05, 0) is 25.1 Å². The average molecular weight is 350 g/mol. The third-order valence-corrected chi connectivity index (χ3v) is 4.25. The number of aryl methyl sites for hydroxylation is 1. The lowest BCUT2D eigenvalue weighted by Crippen LogP contribution is -2.13. The van der Waals surface area contributed by atoms with Crippen LogP contribution in [0, 0.1) is 6.92 Å². The highest BCUT2D eigenvalue weighted by atomic mass is 35.5. The van der Waals surface area contributed by atoms with E-state index in [1.54, 1.807) is 37.3 Å². The van der Waals surface area contributed by atoms with Crippen molar-refractivity contribution in [3.8, 4) is 0 Å². The summed E-state index contributed by atoms with van der Waals surface area (Å²) in [6, 6.07) is 10.2. The van der Waals surface area contributed by atoms with Gasteiger partial charge in [0.05, 0.1) is 27.9 Å². The van der Waals surface area contributed by atoms with Gasteiger partial charge in [0.15, 0.2) is 5.58 Å². The summed E-state index contributed by atoms with van der Waals surface area (Å²) in [4.78, 5) is 12.5. The average Bonchev–Trinajstić information content (AvgIpc) is 2.83. The number of furan rings is 1. The Morgan fingerprint density at radius 2 is 1.83 bits per heavy atom. The lowest BCUT2D eigenvalue weighted by molar-refractivity contribution is 0.102. The zero-order chi connectivity index (χ0) is 16.6. The molecule has 0 spiro atoms. The summed E-state index contributed by atoms with van der Waals surface area (Å²) in [5.41, 5.74) is 1.90. The molecule has 2 N–H and O–H groups in total. The Kier molecular flexibility index (Phi) is 4.31. The minimum Gasteiger partial charge on any atom is -0.459 e. The second-order valence-electron chi connectivity index (χ2n) is 5.03. The number of nitrogens with one attached hydrogen (secondary N) is 1. The second-order valence-corrected chi connectivity index (χ2v) is 5.84. The van der Waals surface area contributed by atoms with Gasteiger partial charge in [-0.2, -0.15) is 0 Å². The summed E-state index contributed by atoms with van der Waals surface area (Å²) in [6.45, 7) is 1.63. The summed E-state index contributed by atoms with van der Waals surface area (Å²) in [5, 5.41) is 13.5. The number of hydrogen-bond donors (Lipinski definition) is 2. The Labute approximate surface area is 142 Å². The van der Waals surface area contributed by atoms with Crippen LogP contribution in [-0.2, 0) is 6.61 Å². The van der Waals surface area contributed by atoms with Crippen LogP contribution in [0.3, 0.4) is 0 Å². The van der Waals surface area contributed by atoms with Crippen molar-refractivity contribution >= 4 is 45.8 Å². The van der Waals surface area contributed by atoms with Crippen molar-refractivity contribution in [1.82, 2.24) is 0 Å². The standard InChI is InChI=1S/C17H13Cl2NO3/c1-9-11(8-21)10-4-2-7-14(16(10)23-9)20-17(22)15-12(18)5-3-6-13(15)19/h2-7,21H,8H2,1H3,(H,20,22). The minimum atomic E-state index is -0.423. The zero-order valence-corrected chi connectivity index (χ0v) is 13.7. The highest BCUT2D eigenvalue weighted by molar-refractivity contribution is 6.40. The van der Waals surface area contributed by atoms with Gasteiger partial charge >= 0.3 is 0 Å². The van der Waals surface area contributed by atoms with Crippen LogP contribution < -0.4 is 5.32 Å². The quantitative estimate of drug-likeness (QED) is 0.714. The molecule has 2 aromatic carbocycles. The molecule has 0 aliphatic heterocycles. The van der Waals surface area contributed by atoms with Crippen molar-refractivity contribution in [3.05, 3.63) is 63.3 Å². The zero-order valence-electron chi connectivity index (χ0n) is 12.2. The SMILES string of the molecule is Cc1oc2c(NC(=O)c3c(Cl)cccc3Cl)cccc2c1CO. The predicted octanol–water partition coefficient (Wildman–Crippen LogP) is 4.79. The molecular weight excluding hydrogens is 337 g/mol. The summed E-state index contributed by atoms with van der Waals surface area (Å²) in [7, 11) is 0. The van der Waals surface area contributed by atoms with E-state index in [0.717, 1.165) is 5.39 Å². The molecule has 23 heavy (non-hydrogen) atoms. The lowest BCUT2D eigenvalue weighted by atomic mass is 10.1. The molecule has 0 atom stereocenters. The predicted molar refractivity (Wildman–Crippen MR) is 91.3 cm³/mol. The van der Waals surface area contributed by atoms with Crippen LogP contribution in [0.15, 0.2) is 40.8 Å². The van der Waals surface area contributed by atoms with Crippen LogP contribution in [0.1, 0.15) is 21.7 Å². The monoisotopic (exact) mass is 349 g/mol. The smallest absolute Gasteiger partial charge is 0.258 e. The number of halogens is 2. The van der Waals surface area contributed by atoms with E-state index in [0.29, 0.717) is 22.6 Å². The number of anilines is 1. The van der Waals surface area contributed by atoms with E-state index in [1.165, 1.54) is 0 Å². The molecule has 0 aliphatic rings. The number of aliphatic hydroxyl groups is 1. The first-order valence-corrected chi connectivity index (χ1v) is 7.65. The Hall–Kier alpha value is -2.01. The van der Waals surface area contributed by atoms with Gasteiger partial charge in [-0.1, -0.05) is 41.4 Å². The molecule has 0 saturated heterocycles. The highest BCUT2D eigenvalue weighted by Crippen LogP contribution is 2.32. The third-order valence-electron chi connectivity index (χ3n) is 3.62. The number of rotatable bonds is 3. The number of fused-ring (bicyclic) bond motifs is 1. The molecule has 0 radical (unpaired) electrons. The number of carbonyl (C=O) groups excluding carboxylic acids is 1. The largest absolute Gasteiger partial charge is 0.459 e. The summed E-state index contributed by atoms with van der Waals surface area (Å²) < 4.78 is 5.68. The number of carbonyl (C=O) groups is 1. The molecule has 1 heterocycles. The molecule has 6 heteroatoms. The van der Waals surface area contributed by atoms with E-state index in [4.69, 9.17) is 27.6 Å². The third kappa shape index (κ3) is 2.81. The Balaban J connectivity index is 2.04. The number of amides is 1. The first-order valence-electron chi connectivity index (χ1n) is 6.90. The van der Waals surface area contributed by atoms with E-state index < -0.39 is 5.91 Å². The van der Waals surface area contributed by atoms with Crippen molar-refractivity contribution in [2.24, 2.45) is 0 Å². The van der Waals surface area contributed by atoms with Crippen LogP contribution >= 0.6 is 23.2 Å². The second kappa shape index (κ2) is 6.24. The molecule has 0 bridgehead atoms. The molecule has 0 unspecified atom stereocenters. The fourth-order valence-electron chi connectivity index (χ4n) is 2.48. The number of aliphatic hydroxyl groups excluding tert-OH is 1. The van der Waals surface area contributed by atoms with Gasteiger partial charge in [0.2, 0.25) is 0 Å². The topological polar surface area (TPSA) is 62.5 Å². The Bertz CT molecular complexity index is 882. The van der Waals surface area contributed by atoms with Gasteiger partial charge in [-0.25, -0.2) is 0 Å². The molecular formula is C17H13Cl2NO3. The molecule has 1 aromatic heterocycles.